The molecule has 128 valence electrons. The summed E-state index contributed by atoms with van der Waals surface area (Å²) in [6.07, 6.45) is 3.75. The van der Waals surface area contributed by atoms with Crippen molar-refractivity contribution in [1.29, 1.82) is 0 Å². The summed E-state index contributed by atoms with van der Waals surface area (Å²) >= 11 is 0. The maximum atomic E-state index is 11.7. The number of nitrogens with one attached hydrogen (secondary N) is 3. The van der Waals surface area contributed by atoms with Gasteiger partial charge in [-0.05, 0) is 43.8 Å². The number of hydrogen-bond donors (Lipinski definition) is 3. The zero-order chi connectivity index (χ0) is 15.6. The number of carbonyl (C=O) groups is 2. The van der Waals surface area contributed by atoms with Crippen LogP contribution in [0.2, 0.25) is 0 Å². The van der Waals surface area contributed by atoms with E-state index in [1.165, 1.54) is 12.8 Å². The van der Waals surface area contributed by atoms with E-state index in [-0.39, 0.29) is 30.8 Å². The first kappa shape index (κ1) is 19.5. The van der Waals surface area contributed by atoms with Crippen molar-refractivity contribution in [3.05, 3.63) is 35.9 Å². The number of halogens is 1. The molecule has 0 saturated carbocycles. The summed E-state index contributed by atoms with van der Waals surface area (Å²) in [6.45, 7) is 2.88. The fraction of sp³-hybridized carbons (Fsp3) is 0.529. The molecule has 1 aromatic rings. The lowest BCUT2D eigenvalue weighted by Crippen LogP contribution is -2.39. The van der Waals surface area contributed by atoms with Gasteiger partial charge in [-0.1, -0.05) is 30.3 Å². The van der Waals surface area contributed by atoms with Crippen molar-refractivity contribution in [2.75, 3.05) is 26.2 Å². The normalized spacial score (nSPS) is 17.0. The highest BCUT2D eigenvalue weighted by molar-refractivity contribution is 5.85. The number of piperidine rings is 1. The molecule has 0 bridgehead atoms. The lowest BCUT2D eigenvalue weighted by Gasteiger charge is -2.22. The highest BCUT2D eigenvalue weighted by atomic mass is 35.5. The maximum absolute atomic E-state index is 11.7. The van der Waals surface area contributed by atoms with Crippen molar-refractivity contribution >= 4 is 24.2 Å². The smallest absolute Gasteiger partial charge is 0.239 e. The van der Waals surface area contributed by atoms with Gasteiger partial charge in [0.15, 0.2) is 0 Å². The first-order valence-corrected chi connectivity index (χ1v) is 8.02. The molecule has 6 heteroatoms. The van der Waals surface area contributed by atoms with Gasteiger partial charge in [0.05, 0.1) is 13.0 Å². The van der Waals surface area contributed by atoms with Crippen molar-refractivity contribution in [2.45, 2.75) is 25.7 Å². The standard InChI is InChI=1S/C17H25N3O2.ClH/c21-16(11-14-5-2-1-3-6-14)20-13-17(22)19-10-8-15-7-4-9-18-12-15;/h1-3,5-6,15,18H,4,7-13H2,(H,19,22)(H,20,21);1H. The second kappa shape index (κ2) is 11.0. The molecule has 1 atom stereocenters. The van der Waals surface area contributed by atoms with E-state index in [1.54, 1.807) is 0 Å². The summed E-state index contributed by atoms with van der Waals surface area (Å²) < 4.78 is 0. The van der Waals surface area contributed by atoms with Crippen LogP contribution in [0.25, 0.3) is 0 Å². The van der Waals surface area contributed by atoms with Crippen molar-refractivity contribution in [3.63, 3.8) is 0 Å². The molecule has 0 spiro atoms. The van der Waals surface area contributed by atoms with Crippen LogP contribution in [-0.4, -0.2) is 38.0 Å². The van der Waals surface area contributed by atoms with Gasteiger partial charge in [-0.2, -0.15) is 0 Å². The summed E-state index contributed by atoms with van der Waals surface area (Å²) in [5, 5.41) is 8.89. The van der Waals surface area contributed by atoms with E-state index in [9.17, 15) is 9.59 Å². The van der Waals surface area contributed by atoms with Gasteiger partial charge in [-0.3, -0.25) is 9.59 Å². The van der Waals surface area contributed by atoms with Crippen LogP contribution in [0.1, 0.15) is 24.8 Å². The molecule has 1 aliphatic rings. The van der Waals surface area contributed by atoms with E-state index in [4.69, 9.17) is 0 Å². The second-order valence-electron chi connectivity index (χ2n) is 5.79. The Morgan fingerprint density at radius 1 is 1.13 bits per heavy atom. The van der Waals surface area contributed by atoms with Crippen LogP contribution in [-0.2, 0) is 16.0 Å². The van der Waals surface area contributed by atoms with Crippen LogP contribution in [0.3, 0.4) is 0 Å². The minimum Gasteiger partial charge on any atom is -0.355 e. The van der Waals surface area contributed by atoms with E-state index in [2.05, 4.69) is 16.0 Å². The van der Waals surface area contributed by atoms with E-state index >= 15 is 0 Å². The van der Waals surface area contributed by atoms with E-state index in [1.807, 2.05) is 30.3 Å². The predicted octanol–water partition coefficient (Wildman–Crippen LogP) is 1.27. The third kappa shape index (κ3) is 8.00. The number of amides is 2. The van der Waals surface area contributed by atoms with Gasteiger partial charge in [0, 0.05) is 6.54 Å². The van der Waals surface area contributed by atoms with Gasteiger partial charge >= 0.3 is 0 Å². The van der Waals surface area contributed by atoms with Crippen LogP contribution in [0.5, 0.6) is 0 Å². The third-order valence-electron chi connectivity index (χ3n) is 3.93. The summed E-state index contributed by atoms with van der Waals surface area (Å²) in [5.74, 6) is 0.407. The maximum Gasteiger partial charge on any atom is 0.239 e. The molecular weight excluding hydrogens is 314 g/mol. The average Bonchev–Trinajstić information content (AvgIpc) is 2.55. The number of hydrogen-bond acceptors (Lipinski definition) is 3. The van der Waals surface area contributed by atoms with Crippen molar-refractivity contribution in [1.82, 2.24) is 16.0 Å². The third-order valence-corrected chi connectivity index (χ3v) is 3.93. The van der Waals surface area contributed by atoms with Gasteiger partial charge in [-0.25, -0.2) is 0 Å². The average molecular weight is 340 g/mol. The highest BCUT2D eigenvalue weighted by Crippen LogP contribution is 2.12. The molecule has 1 unspecified atom stereocenters. The van der Waals surface area contributed by atoms with Gasteiger partial charge in [0.2, 0.25) is 11.8 Å². The summed E-state index contributed by atoms with van der Waals surface area (Å²) in [4.78, 5) is 23.4. The van der Waals surface area contributed by atoms with Crippen LogP contribution >= 0.6 is 12.4 Å². The molecule has 0 aromatic heterocycles. The molecule has 1 aromatic carbocycles. The SMILES string of the molecule is Cl.O=C(CNC(=O)Cc1ccccc1)NCCC1CCCNC1. The van der Waals surface area contributed by atoms with Gasteiger partial charge in [0.25, 0.3) is 0 Å². The van der Waals surface area contributed by atoms with E-state index < -0.39 is 0 Å². The topological polar surface area (TPSA) is 70.2 Å². The summed E-state index contributed by atoms with van der Waals surface area (Å²) in [5.41, 5.74) is 0.949. The van der Waals surface area contributed by atoms with Crippen LogP contribution in [0.4, 0.5) is 0 Å². The lowest BCUT2D eigenvalue weighted by atomic mass is 9.96. The molecule has 1 fully saturated rings. The number of carbonyl (C=O) groups excluding carboxylic acids is 2. The van der Waals surface area contributed by atoms with Gasteiger partial charge in [0.1, 0.15) is 0 Å². The Kier molecular flexibility index (Phi) is 9.33. The molecule has 2 rings (SSSR count). The van der Waals surface area contributed by atoms with Crippen LogP contribution < -0.4 is 16.0 Å². The van der Waals surface area contributed by atoms with Crippen LogP contribution in [0.15, 0.2) is 30.3 Å². The fourth-order valence-electron chi connectivity index (χ4n) is 2.67. The monoisotopic (exact) mass is 339 g/mol. The lowest BCUT2D eigenvalue weighted by molar-refractivity contribution is -0.125. The Morgan fingerprint density at radius 2 is 1.91 bits per heavy atom. The van der Waals surface area contributed by atoms with Gasteiger partial charge in [-0.15, -0.1) is 12.4 Å². The Morgan fingerprint density at radius 3 is 2.61 bits per heavy atom. The Hall–Kier alpha value is -1.59. The van der Waals surface area contributed by atoms with E-state index in [0.29, 0.717) is 18.9 Å². The molecule has 5 nitrogen and oxygen atoms in total. The number of benzene rings is 1. The molecule has 1 saturated heterocycles. The first-order chi connectivity index (χ1) is 10.7. The molecule has 1 heterocycles. The zero-order valence-electron chi connectivity index (χ0n) is 13.3. The van der Waals surface area contributed by atoms with E-state index in [0.717, 1.165) is 25.1 Å². The van der Waals surface area contributed by atoms with Crippen molar-refractivity contribution < 1.29 is 9.59 Å². The molecule has 1 aliphatic heterocycles. The van der Waals surface area contributed by atoms with Crippen LogP contribution in [0, 0.1) is 5.92 Å². The first-order valence-electron chi connectivity index (χ1n) is 8.02. The Bertz CT molecular complexity index is 476. The van der Waals surface area contributed by atoms with Crippen molar-refractivity contribution in [2.24, 2.45) is 5.92 Å². The molecule has 0 radical (unpaired) electrons. The van der Waals surface area contributed by atoms with Crippen molar-refractivity contribution in [3.8, 4) is 0 Å². The number of rotatable bonds is 7. The molecular formula is C17H26ClN3O2. The largest absolute Gasteiger partial charge is 0.355 e. The van der Waals surface area contributed by atoms with Gasteiger partial charge < -0.3 is 16.0 Å². The minimum absolute atomic E-state index is 0. The Labute approximate surface area is 144 Å². The quantitative estimate of drug-likeness (QED) is 0.700. The fourth-order valence-corrected chi connectivity index (χ4v) is 2.67. The molecule has 3 N–H and O–H groups in total. The molecule has 0 aliphatic carbocycles. The molecule has 23 heavy (non-hydrogen) atoms. The zero-order valence-corrected chi connectivity index (χ0v) is 14.2. The predicted molar refractivity (Wildman–Crippen MR) is 93.6 cm³/mol. The Balaban J connectivity index is 0.00000264. The summed E-state index contributed by atoms with van der Waals surface area (Å²) in [7, 11) is 0. The highest BCUT2D eigenvalue weighted by Gasteiger charge is 2.13. The molecule has 2 amide bonds. The second-order valence-corrected chi connectivity index (χ2v) is 5.79. The minimum atomic E-state index is -0.127. The summed E-state index contributed by atoms with van der Waals surface area (Å²) in [6, 6.07) is 9.51.